The van der Waals surface area contributed by atoms with Crippen molar-refractivity contribution in [3.8, 4) is 6.07 Å². The van der Waals surface area contributed by atoms with Gasteiger partial charge in [0.1, 0.15) is 11.9 Å². The molecular weight excluding hydrogens is 231 g/mol. The zero-order chi connectivity index (χ0) is 12.8. The standard InChI is InChI=1S/C14H17FN2O/c15-12-5-6-14(11(9-12)10-16)17-7-8-18-13-3-1-2-4-13/h5-6,9,13,17H,1-4,7-8H2. The maximum atomic E-state index is 12.9. The number of anilines is 1. The summed E-state index contributed by atoms with van der Waals surface area (Å²) < 4.78 is 18.6. The van der Waals surface area contributed by atoms with Crippen LogP contribution in [-0.4, -0.2) is 19.3 Å². The fourth-order valence-electron chi connectivity index (χ4n) is 2.23. The highest BCUT2D eigenvalue weighted by atomic mass is 19.1. The average molecular weight is 248 g/mol. The molecule has 1 fully saturated rings. The predicted molar refractivity (Wildman–Crippen MR) is 67.8 cm³/mol. The fourth-order valence-corrected chi connectivity index (χ4v) is 2.23. The van der Waals surface area contributed by atoms with Gasteiger partial charge >= 0.3 is 0 Å². The molecule has 0 spiro atoms. The van der Waals surface area contributed by atoms with Crippen LogP contribution in [0.2, 0.25) is 0 Å². The van der Waals surface area contributed by atoms with E-state index in [-0.39, 0.29) is 5.82 Å². The Morgan fingerprint density at radius 2 is 2.17 bits per heavy atom. The molecule has 18 heavy (non-hydrogen) atoms. The Bertz CT molecular complexity index is 436. The molecule has 1 aromatic carbocycles. The van der Waals surface area contributed by atoms with Crippen molar-refractivity contribution in [1.29, 1.82) is 5.26 Å². The third-order valence-corrected chi connectivity index (χ3v) is 3.18. The van der Waals surface area contributed by atoms with Crippen molar-refractivity contribution in [2.24, 2.45) is 0 Å². The van der Waals surface area contributed by atoms with Gasteiger partial charge in [0.15, 0.2) is 0 Å². The Balaban J connectivity index is 1.77. The highest BCUT2D eigenvalue weighted by Gasteiger charge is 2.14. The molecule has 0 heterocycles. The molecule has 2 rings (SSSR count). The van der Waals surface area contributed by atoms with Crippen molar-refractivity contribution in [2.45, 2.75) is 31.8 Å². The number of nitrogens with zero attached hydrogens (tertiary/aromatic N) is 1. The first-order valence-corrected chi connectivity index (χ1v) is 6.35. The number of nitriles is 1. The number of nitrogens with one attached hydrogen (secondary N) is 1. The van der Waals surface area contributed by atoms with Gasteiger partial charge in [-0.15, -0.1) is 0 Å². The van der Waals surface area contributed by atoms with E-state index in [1.165, 1.54) is 25.0 Å². The summed E-state index contributed by atoms with van der Waals surface area (Å²) in [5, 5.41) is 12.0. The van der Waals surface area contributed by atoms with Crippen LogP contribution in [0.4, 0.5) is 10.1 Å². The van der Waals surface area contributed by atoms with Crippen LogP contribution >= 0.6 is 0 Å². The van der Waals surface area contributed by atoms with Gasteiger partial charge in [0.2, 0.25) is 0 Å². The quantitative estimate of drug-likeness (QED) is 0.814. The molecule has 0 amide bonds. The molecule has 1 aliphatic rings. The monoisotopic (exact) mass is 248 g/mol. The van der Waals surface area contributed by atoms with Crippen molar-refractivity contribution in [2.75, 3.05) is 18.5 Å². The Hall–Kier alpha value is -1.60. The van der Waals surface area contributed by atoms with E-state index in [0.717, 1.165) is 12.8 Å². The third kappa shape index (κ3) is 3.44. The van der Waals surface area contributed by atoms with E-state index < -0.39 is 0 Å². The van der Waals surface area contributed by atoms with E-state index in [1.54, 1.807) is 6.07 Å². The Labute approximate surface area is 107 Å². The fraction of sp³-hybridized carbons (Fsp3) is 0.500. The molecule has 1 aliphatic carbocycles. The molecule has 0 aromatic heterocycles. The highest BCUT2D eigenvalue weighted by molar-refractivity contribution is 5.57. The number of rotatable bonds is 5. The van der Waals surface area contributed by atoms with Crippen LogP contribution in [-0.2, 0) is 4.74 Å². The number of hydrogen-bond donors (Lipinski definition) is 1. The predicted octanol–water partition coefficient (Wildman–Crippen LogP) is 3.07. The van der Waals surface area contributed by atoms with Gasteiger partial charge in [-0.3, -0.25) is 0 Å². The molecule has 1 aromatic rings. The van der Waals surface area contributed by atoms with Crippen molar-refractivity contribution in [3.05, 3.63) is 29.6 Å². The van der Waals surface area contributed by atoms with E-state index >= 15 is 0 Å². The third-order valence-electron chi connectivity index (χ3n) is 3.18. The average Bonchev–Trinajstić information content (AvgIpc) is 2.89. The maximum absolute atomic E-state index is 12.9. The maximum Gasteiger partial charge on any atom is 0.124 e. The van der Waals surface area contributed by atoms with E-state index in [2.05, 4.69) is 5.32 Å². The molecule has 96 valence electrons. The van der Waals surface area contributed by atoms with Gasteiger partial charge in [-0.05, 0) is 31.0 Å². The first kappa shape index (κ1) is 12.8. The lowest BCUT2D eigenvalue weighted by Crippen LogP contribution is -2.15. The van der Waals surface area contributed by atoms with E-state index in [9.17, 15) is 4.39 Å². The SMILES string of the molecule is N#Cc1cc(F)ccc1NCCOC1CCCC1. The molecular formula is C14H17FN2O. The first-order valence-electron chi connectivity index (χ1n) is 6.35. The molecule has 1 N–H and O–H groups in total. The normalized spacial score (nSPS) is 15.6. The van der Waals surface area contributed by atoms with Gasteiger partial charge in [0.25, 0.3) is 0 Å². The van der Waals surface area contributed by atoms with Crippen LogP contribution in [0.25, 0.3) is 0 Å². The summed E-state index contributed by atoms with van der Waals surface area (Å²) in [6, 6.07) is 6.15. The number of halogens is 1. The van der Waals surface area contributed by atoms with Gasteiger partial charge in [-0.25, -0.2) is 4.39 Å². The number of hydrogen-bond acceptors (Lipinski definition) is 3. The molecule has 4 heteroatoms. The summed E-state index contributed by atoms with van der Waals surface area (Å²) in [4.78, 5) is 0. The summed E-state index contributed by atoms with van der Waals surface area (Å²) in [5.74, 6) is -0.390. The van der Waals surface area contributed by atoms with Crippen LogP contribution in [0, 0.1) is 17.1 Å². The highest BCUT2D eigenvalue weighted by Crippen LogP contribution is 2.21. The lowest BCUT2D eigenvalue weighted by molar-refractivity contribution is 0.0659. The second-order valence-corrected chi connectivity index (χ2v) is 4.51. The van der Waals surface area contributed by atoms with Crippen LogP contribution in [0.15, 0.2) is 18.2 Å². The largest absolute Gasteiger partial charge is 0.382 e. The lowest BCUT2D eigenvalue weighted by Gasteiger charge is -2.12. The molecule has 0 aliphatic heterocycles. The smallest absolute Gasteiger partial charge is 0.124 e. The van der Waals surface area contributed by atoms with E-state index in [4.69, 9.17) is 10.00 Å². The summed E-state index contributed by atoms with van der Waals surface area (Å²) in [6.45, 7) is 1.25. The number of ether oxygens (including phenoxy) is 1. The second-order valence-electron chi connectivity index (χ2n) is 4.51. The van der Waals surface area contributed by atoms with Gasteiger partial charge < -0.3 is 10.1 Å². The summed E-state index contributed by atoms with van der Waals surface area (Å²) in [7, 11) is 0. The van der Waals surface area contributed by atoms with Crippen molar-refractivity contribution < 1.29 is 9.13 Å². The Morgan fingerprint density at radius 3 is 2.89 bits per heavy atom. The van der Waals surface area contributed by atoms with Gasteiger partial charge in [0, 0.05) is 6.54 Å². The zero-order valence-electron chi connectivity index (χ0n) is 10.3. The summed E-state index contributed by atoms with van der Waals surface area (Å²) >= 11 is 0. The van der Waals surface area contributed by atoms with Crippen LogP contribution < -0.4 is 5.32 Å². The summed E-state index contributed by atoms with van der Waals surface area (Å²) in [6.07, 6.45) is 5.22. The van der Waals surface area contributed by atoms with Crippen LogP contribution in [0.1, 0.15) is 31.2 Å². The molecule has 0 bridgehead atoms. The van der Waals surface area contributed by atoms with Crippen molar-refractivity contribution in [1.82, 2.24) is 0 Å². The number of benzene rings is 1. The van der Waals surface area contributed by atoms with Crippen molar-refractivity contribution in [3.63, 3.8) is 0 Å². The topological polar surface area (TPSA) is 45.0 Å². The zero-order valence-corrected chi connectivity index (χ0v) is 10.3. The van der Waals surface area contributed by atoms with Crippen LogP contribution in [0.5, 0.6) is 0 Å². The van der Waals surface area contributed by atoms with Crippen LogP contribution in [0.3, 0.4) is 0 Å². The first-order chi connectivity index (χ1) is 8.79. The van der Waals surface area contributed by atoms with Crippen molar-refractivity contribution >= 4 is 5.69 Å². The molecule has 0 saturated heterocycles. The second kappa shape index (κ2) is 6.36. The van der Waals surface area contributed by atoms with Gasteiger partial charge in [-0.2, -0.15) is 5.26 Å². The summed E-state index contributed by atoms with van der Waals surface area (Å²) in [5.41, 5.74) is 0.991. The molecule has 3 nitrogen and oxygen atoms in total. The van der Waals surface area contributed by atoms with E-state index in [0.29, 0.717) is 30.5 Å². The van der Waals surface area contributed by atoms with E-state index in [1.807, 2.05) is 6.07 Å². The minimum Gasteiger partial charge on any atom is -0.382 e. The Kier molecular flexibility index (Phi) is 4.54. The molecule has 0 unspecified atom stereocenters. The molecule has 1 saturated carbocycles. The molecule has 0 atom stereocenters. The lowest BCUT2D eigenvalue weighted by atomic mass is 10.2. The van der Waals surface area contributed by atoms with Gasteiger partial charge in [-0.1, -0.05) is 12.8 Å². The minimum atomic E-state index is -0.390. The Morgan fingerprint density at radius 1 is 1.39 bits per heavy atom. The van der Waals surface area contributed by atoms with Gasteiger partial charge in [0.05, 0.1) is 24.0 Å². The minimum absolute atomic E-state index is 0.330. The molecule has 0 radical (unpaired) electrons.